The van der Waals surface area contributed by atoms with Crippen LogP contribution in [-0.2, 0) is 0 Å². The van der Waals surface area contributed by atoms with Crippen molar-refractivity contribution in [3.05, 3.63) is 59.4 Å². The number of anilines is 2. The van der Waals surface area contributed by atoms with Crippen molar-refractivity contribution < 1.29 is 9.18 Å². The summed E-state index contributed by atoms with van der Waals surface area (Å²) in [5.74, 6) is -0.400. The minimum Gasteiger partial charge on any atom is -0.342 e. The molecule has 2 rings (SSSR count). The second-order valence-electron chi connectivity index (χ2n) is 4.22. The van der Waals surface area contributed by atoms with Gasteiger partial charge in [-0.2, -0.15) is 0 Å². The molecule has 18 heavy (non-hydrogen) atoms. The SMILES string of the molecule is Cc1ccc(N(C)c2ccc(C=O)cc2F)cc1. The van der Waals surface area contributed by atoms with Crippen LogP contribution < -0.4 is 4.90 Å². The minimum atomic E-state index is -0.400. The molecule has 0 radical (unpaired) electrons. The zero-order valence-corrected chi connectivity index (χ0v) is 10.4. The van der Waals surface area contributed by atoms with Gasteiger partial charge in [0, 0.05) is 18.3 Å². The second kappa shape index (κ2) is 5.00. The third-order valence-corrected chi connectivity index (χ3v) is 2.89. The van der Waals surface area contributed by atoms with Gasteiger partial charge < -0.3 is 4.90 Å². The van der Waals surface area contributed by atoms with Crippen LogP contribution in [0.1, 0.15) is 15.9 Å². The van der Waals surface area contributed by atoms with E-state index in [9.17, 15) is 9.18 Å². The van der Waals surface area contributed by atoms with Crippen LogP contribution in [0.15, 0.2) is 42.5 Å². The molecule has 0 N–H and O–H groups in total. The van der Waals surface area contributed by atoms with Gasteiger partial charge in [-0.3, -0.25) is 4.79 Å². The first-order chi connectivity index (χ1) is 8.61. The lowest BCUT2D eigenvalue weighted by molar-refractivity contribution is 0.112. The molecule has 0 heterocycles. The Bertz CT molecular complexity index is 563. The van der Waals surface area contributed by atoms with Crippen molar-refractivity contribution in [3.8, 4) is 0 Å². The third-order valence-electron chi connectivity index (χ3n) is 2.89. The van der Waals surface area contributed by atoms with Crippen molar-refractivity contribution in [1.29, 1.82) is 0 Å². The molecule has 3 heteroatoms. The van der Waals surface area contributed by atoms with E-state index in [-0.39, 0.29) is 0 Å². The fourth-order valence-corrected chi connectivity index (χ4v) is 1.78. The van der Waals surface area contributed by atoms with Gasteiger partial charge >= 0.3 is 0 Å². The first kappa shape index (κ1) is 12.3. The van der Waals surface area contributed by atoms with Crippen LogP contribution in [-0.4, -0.2) is 13.3 Å². The van der Waals surface area contributed by atoms with E-state index in [2.05, 4.69) is 0 Å². The quantitative estimate of drug-likeness (QED) is 0.766. The van der Waals surface area contributed by atoms with Crippen molar-refractivity contribution in [3.63, 3.8) is 0 Å². The van der Waals surface area contributed by atoms with Crippen LogP contribution in [0.3, 0.4) is 0 Å². The average molecular weight is 243 g/mol. The van der Waals surface area contributed by atoms with Gasteiger partial charge in [0.15, 0.2) is 0 Å². The van der Waals surface area contributed by atoms with E-state index in [4.69, 9.17) is 0 Å². The molecular weight excluding hydrogens is 229 g/mol. The fourth-order valence-electron chi connectivity index (χ4n) is 1.78. The molecule has 0 aliphatic carbocycles. The molecule has 0 aliphatic heterocycles. The highest BCUT2D eigenvalue weighted by Gasteiger charge is 2.09. The standard InChI is InChI=1S/C15H14FNO/c1-11-3-6-13(7-4-11)17(2)15-8-5-12(10-18)9-14(15)16/h3-10H,1-2H3. The van der Waals surface area contributed by atoms with Gasteiger partial charge in [0.25, 0.3) is 0 Å². The van der Waals surface area contributed by atoms with Gasteiger partial charge in [0.05, 0.1) is 5.69 Å². The number of aryl methyl sites for hydroxylation is 1. The van der Waals surface area contributed by atoms with Gasteiger partial charge in [-0.25, -0.2) is 4.39 Å². The Labute approximate surface area is 106 Å². The van der Waals surface area contributed by atoms with E-state index in [1.165, 1.54) is 6.07 Å². The zero-order chi connectivity index (χ0) is 13.1. The molecule has 0 saturated heterocycles. The number of hydrogen-bond acceptors (Lipinski definition) is 2. The van der Waals surface area contributed by atoms with E-state index in [0.717, 1.165) is 11.3 Å². The molecule has 0 aromatic heterocycles. The maximum Gasteiger partial charge on any atom is 0.150 e. The van der Waals surface area contributed by atoms with Gasteiger partial charge in [-0.1, -0.05) is 17.7 Å². The van der Waals surface area contributed by atoms with E-state index >= 15 is 0 Å². The molecule has 2 aromatic rings. The lowest BCUT2D eigenvalue weighted by Crippen LogP contribution is -2.11. The molecule has 0 fully saturated rings. The van der Waals surface area contributed by atoms with Crippen molar-refractivity contribution in [2.75, 3.05) is 11.9 Å². The molecular formula is C15H14FNO. The zero-order valence-electron chi connectivity index (χ0n) is 10.4. The number of benzene rings is 2. The number of hydrogen-bond donors (Lipinski definition) is 0. The van der Waals surface area contributed by atoms with E-state index in [0.29, 0.717) is 17.5 Å². The topological polar surface area (TPSA) is 20.3 Å². The summed E-state index contributed by atoms with van der Waals surface area (Å²) in [5.41, 5.74) is 2.85. The lowest BCUT2D eigenvalue weighted by Gasteiger charge is -2.20. The third kappa shape index (κ3) is 2.40. The Morgan fingerprint density at radius 2 is 1.78 bits per heavy atom. The molecule has 0 unspecified atom stereocenters. The Kier molecular flexibility index (Phi) is 3.42. The molecule has 0 aliphatic rings. The summed E-state index contributed by atoms with van der Waals surface area (Å²) >= 11 is 0. The summed E-state index contributed by atoms with van der Waals surface area (Å²) in [6, 6.07) is 12.3. The van der Waals surface area contributed by atoms with Gasteiger partial charge in [0.2, 0.25) is 0 Å². The smallest absolute Gasteiger partial charge is 0.150 e. The summed E-state index contributed by atoms with van der Waals surface area (Å²) in [5, 5.41) is 0. The largest absolute Gasteiger partial charge is 0.342 e. The number of halogens is 1. The summed E-state index contributed by atoms with van der Waals surface area (Å²) in [6.07, 6.45) is 0.638. The number of aldehydes is 1. The van der Waals surface area contributed by atoms with Crippen molar-refractivity contribution in [1.82, 2.24) is 0 Å². The molecule has 0 amide bonds. The highest BCUT2D eigenvalue weighted by Crippen LogP contribution is 2.26. The molecule has 2 aromatic carbocycles. The van der Waals surface area contributed by atoms with Crippen molar-refractivity contribution >= 4 is 17.7 Å². The number of nitrogens with zero attached hydrogens (tertiary/aromatic N) is 1. The normalized spacial score (nSPS) is 10.2. The summed E-state index contributed by atoms with van der Waals surface area (Å²) in [7, 11) is 1.80. The number of carbonyl (C=O) groups is 1. The van der Waals surface area contributed by atoms with E-state index in [1.54, 1.807) is 24.1 Å². The fraction of sp³-hybridized carbons (Fsp3) is 0.133. The molecule has 92 valence electrons. The van der Waals surface area contributed by atoms with Crippen LogP contribution in [0.25, 0.3) is 0 Å². The van der Waals surface area contributed by atoms with Crippen molar-refractivity contribution in [2.24, 2.45) is 0 Å². The minimum absolute atomic E-state index is 0.341. The van der Waals surface area contributed by atoms with Gasteiger partial charge in [-0.15, -0.1) is 0 Å². The maximum atomic E-state index is 13.9. The molecule has 2 nitrogen and oxygen atoms in total. The van der Waals surface area contributed by atoms with Crippen molar-refractivity contribution in [2.45, 2.75) is 6.92 Å². The Morgan fingerprint density at radius 3 is 2.33 bits per heavy atom. The predicted molar refractivity (Wildman–Crippen MR) is 71.0 cm³/mol. The van der Waals surface area contributed by atoms with Crippen LogP contribution >= 0.6 is 0 Å². The van der Waals surface area contributed by atoms with Crippen LogP contribution in [0, 0.1) is 12.7 Å². The maximum absolute atomic E-state index is 13.9. The molecule has 0 spiro atoms. The second-order valence-corrected chi connectivity index (χ2v) is 4.22. The lowest BCUT2D eigenvalue weighted by atomic mass is 10.1. The highest BCUT2D eigenvalue weighted by molar-refractivity contribution is 5.76. The first-order valence-corrected chi connectivity index (χ1v) is 5.67. The predicted octanol–water partition coefficient (Wildman–Crippen LogP) is 3.71. The Balaban J connectivity index is 2.36. The van der Waals surface area contributed by atoms with E-state index in [1.807, 2.05) is 31.2 Å². The Hall–Kier alpha value is -2.16. The summed E-state index contributed by atoms with van der Waals surface area (Å²) < 4.78 is 13.9. The molecule has 0 atom stereocenters. The van der Waals surface area contributed by atoms with Gasteiger partial charge in [-0.05, 0) is 37.3 Å². The van der Waals surface area contributed by atoms with Crippen LogP contribution in [0.4, 0.5) is 15.8 Å². The highest BCUT2D eigenvalue weighted by atomic mass is 19.1. The average Bonchev–Trinajstić information content (AvgIpc) is 2.38. The summed E-state index contributed by atoms with van der Waals surface area (Å²) in [6.45, 7) is 2.00. The monoisotopic (exact) mass is 243 g/mol. The molecule has 0 saturated carbocycles. The van der Waals surface area contributed by atoms with Gasteiger partial charge in [0.1, 0.15) is 12.1 Å². The Morgan fingerprint density at radius 1 is 1.11 bits per heavy atom. The number of carbonyl (C=O) groups excluding carboxylic acids is 1. The summed E-state index contributed by atoms with van der Waals surface area (Å²) in [4.78, 5) is 12.3. The molecule has 0 bridgehead atoms. The number of rotatable bonds is 3. The first-order valence-electron chi connectivity index (χ1n) is 5.67. The van der Waals surface area contributed by atoms with Crippen LogP contribution in [0.5, 0.6) is 0 Å². The van der Waals surface area contributed by atoms with Crippen LogP contribution in [0.2, 0.25) is 0 Å². The van der Waals surface area contributed by atoms with E-state index < -0.39 is 5.82 Å².